The minimum absolute atomic E-state index is 0.103. The van der Waals surface area contributed by atoms with E-state index in [4.69, 9.17) is 28.4 Å². The van der Waals surface area contributed by atoms with Crippen LogP contribution in [0.25, 0.3) is 0 Å². The van der Waals surface area contributed by atoms with Gasteiger partial charge in [0.2, 0.25) is 11.8 Å². The van der Waals surface area contributed by atoms with E-state index in [1.54, 1.807) is 0 Å². The second kappa shape index (κ2) is 52.6. The van der Waals surface area contributed by atoms with E-state index in [1.165, 1.54) is 162 Å². The number of nitrogens with zero attached hydrogens (tertiary/aromatic N) is 20. The number of likely N-dealkylation sites (tertiary alicyclic amines) is 8. The van der Waals surface area contributed by atoms with Crippen molar-refractivity contribution in [3.05, 3.63) is 23.8 Å². The number of fused-ring (bicyclic) bond motifs is 4. The van der Waals surface area contributed by atoms with E-state index in [9.17, 15) is 9.59 Å². The average molecular weight is 1950 g/mol. The zero-order valence-electron chi connectivity index (χ0n) is 94.1. The van der Waals surface area contributed by atoms with E-state index in [0.29, 0.717) is 109 Å². The van der Waals surface area contributed by atoms with Crippen molar-refractivity contribution in [1.29, 1.82) is 0 Å². The van der Waals surface area contributed by atoms with Crippen LogP contribution in [0.1, 0.15) is 319 Å². The Labute approximate surface area is 847 Å². The summed E-state index contributed by atoms with van der Waals surface area (Å²) in [7, 11) is 4.21. The Kier molecular flexibility index (Phi) is 43.8. The minimum Gasteiger partial charge on any atom is -0.379 e. The zero-order valence-corrected chi connectivity index (χ0v) is 94.1. The number of piperazine rings is 1. The van der Waals surface area contributed by atoms with Crippen molar-refractivity contribution in [1.82, 2.24) is 104 Å². The molecule has 19 heterocycles. The van der Waals surface area contributed by atoms with Crippen LogP contribution in [0.3, 0.4) is 0 Å². The fraction of sp³-hybridized carbons (Fsp3) is 0.945. The molecule has 6 atom stereocenters. The van der Waals surface area contributed by atoms with E-state index < -0.39 is 0 Å². The monoisotopic (exact) mass is 1950 g/mol. The van der Waals surface area contributed by atoms with Crippen LogP contribution in [0.15, 0.2) is 12.4 Å². The van der Waals surface area contributed by atoms with E-state index in [2.05, 4.69) is 298 Å². The highest BCUT2D eigenvalue weighted by Crippen LogP contribution is 2.38. The van der Waals surface area contributed by atoms with Crippen LogP contribution >= 0.6 is 0 Å². The Morgan fingerprint density at radius 3 is 1.12 bits per heavy atom. The van der Waals surface area contributed by atoms with Gasteiger partial charge in [-0.2, -0.15) is 0 Å². The van der Waals surface area contributed by atoms with Gasteiger partial charge in [-0.3, -0.25) is 63.5 Å². The first kappa shape index (κ1) is 116. The lowest BCUT2D eigenvalue weighted by Crippen LogP contribution is -2.61. The van der Waals surface area contributed by atoms with Gasteiger partial charge in [0.25, 0.3) is 0 Å². The van der Waals surface area contributed by atoms with E-state index in [1.807, 2.05) is 11.9 Å². The number of amides is 2. The highest BCUT2D eigenvalue weighted by molar-refractivity contribution is 5.79. The standard InChI is InChI=1S/C15H28N2O3.C14H27N3O.2C14H26N2O.2C14H28N2O.C13H24N4.C12H22N4/c1-15(2,3)17-6-4-13(5-7-17)20-12-14(18)16-8-10-19-11-9-16;1-14(2,3)16-7-5-12(6-8-16)17-10-9-15(4)11-13(17)18;1-14(2,3)15-6-4-11(5-7-15)16-9-13-8-12(16)10-17-13;1-14(2,3)16-6-4-11(5-7-16)15-9-12-8-13(10-15)17-12;2*1-12-11-17-10-9-16(12)13-5-7-15(8-6-13)14(2,3)4;1-13(2,3)9-11-10-17(15-14-11)12-5-7-16(4)8-6-12;1-12(2,3)8-10-9-16(15-14-10)11-4-6-13-7-5-11/h13H,4-12H2,1-3H3;12H,5-11H2,1-4H3;2*11-13H,4-10H2,1-3H3;2*12-13H,5-11H2,1-4H3;10,12H,5-9H2,1-4H3;9,11,13H,4-8H2,1-3H3/t;;12-,13-;;2*12-;;/m..0.10../s1. The molecule has 2 aromatic heterocycles. The summed E-state index contributed by atoms with van der Waals surface area (Å²) in [5.74, 6) is 0.421. The number of rotatable bonds is 12. The molecule has 29 heteroatoms. The van der Waals surface area contributed by atoms with Gasteiger partial charge in [-0.05, 0) is 312 Å². The summed E-state index contributed by atoms with van der Waals surface area (Å²) in [5, 5.41) is 20.5. The molecule has 2 amide bonds. The fourth-order valence-corrected chi connectivity index (χ4v) is 24.0. The molecule has 0 spiro atoms. The Bertz CT molecular complexity index is 3690. The Morgan fingerprint density at radius 2 is 0.748 bits per heavy atom. The fourth-order valence-electron chi connectivity index (χ4n) is 24.0. The molecule has 17 fully saturated rings. The minimum atomic E-state index is 0.103. The highest BCUT2D eigenvalue weighted by atomic mass is 16.5. The first-order valence-corrected chi connectivity index (χ1v) is 56.0. The first-order chi connectivity index (χ1) is 65.3. The van der Waals surface area contributed by atoms with Gasteiger partial charge in [0, 0.05) is 238 Å². The van der Waals surface area contributed by atoms with Crippen molar-refractivity contribution in [3.8, 4) is 0 Å². The number of hydrogen-bond donors (Lipinski definition) is 1. The molecule has 0 aliphatic carbocycles. The molecule has 0 radical (unpaired) electrons. The lowest BCUT2D eigenvalue weighted by atomic mass is 9.91. The second-order valence-electron chi connectivity index (χ2n) is 52.7. The topological polar surface area (TPSA) is 208 Å². The van der Waals surface area contributed by atoms with Crippen LogP contribution < -0.4 is 5.32 Å². The van der Waals surface area contributed by atoms with Crippen LogP contribution in [-0.4, -0.2) is 453 Å². The third-order valence-corrected chi connectivity index (χ3v) is 32.9. The van der Waals surface area contributed by atoms with Crippen LogP contribution in [0.2, 0.25) is 0 Å². The van der Waals surface area contributed by atoms with Gasteiger partial charge in [-0.15, -0.1) is 10.2 Å². The van der Waals surface area contributed by atoms with Crippen LogP contribution in [0, 0.1) is 10.8 Å². The van der Waals surface area contributed by atoms with Crippen molar-refractivity contribution in [2.24, 2.45) is 10.8 Å². The van der Waals surface area contributed by atoms with Crippen LogP contribution in [0.4, 0.5) is 0 Å². The quantitative estimate of drug-likeness (QED) is 0.209. The molecule has 139 heavy (non-hydrogen) atoms. The molecule has 2 aromatic rings. The molecule has 17 aliphatic rings. The molecule has 17 aliphatic heterocycles. The van der Waals surface area contributed by atoms with Gasteiger partial charge in [0.1, 0.15) is 6.61 Å². The van der Waals surface area contributed by atoms with Crippen molar-refractivity contribution in [2.45, 2.75) is 427 Å². The summed E-state index contributed by atoms with van der Waals surface area (Å²) in [5.41, 5.74) is 4.66. The molecule has 1 N–H and O–H groups in total. The summed E-state index contributed by atoms with van der Waals surface area (Å²) in [6.45, 7) is 94.4. The van der Waals surface area contributed by atoms with Gasteiger partial charge in [0.15, 0.2) is 0 Å². The number of morpholine rings is 5. The molecule has 17 saturated heterocycles. The lowest BCUT2D eigenvalue weighted by molar-refractivity contribution is -0.190. The number of carbonyl (C=O) groups is 2. The predicted octanol–water partition coefficient (Wildman–Crippen LogP) is 13.5. The van der Waals surface area contributed by atoms with Gasteiger partial charge in [-0.25, -0.2) is 9.36 Å². The largest absolute Gasteiger partial charge is 0.379 e. The van der Waals surface area contributed by atoms with Gasteiger partial charge in [-0.1, -0.05) is 52.0 Å². The smallest absolute Gasteiger partial charge is 0.248 e. The van der Waals surface area contributed by atoms with Gasteiger partial charge in [0.05, 0.1) is 101 Å². The lowest BCUT2D eigenvalue weighted by Gasteiger charge is -2.51. The zero-order chi connectivity index (χ0) is 101. The summed E-state index contributed by atoms with van der Waals surface area (Å²) in [4.78, 5) is 58.8. The molecule has 802 valence electrons. The number of nitrogens with one attached hydrogen (secondary N) is 1. The van der Waals surface area contributed by atoms with Crippen LogP contribution in [0.5, 0.6) is 0 Å². The molecule has 4 bridgehead atoms. The van der Waals surface area contributed by atoms with Crippen molar-refractivity contribution < 1.29 is 38.0 Å². The normalized spacial score (nSPS) is 27.8. The summed E-state index contributed by atoms with van der Waals surface area (Å²) in [6, 6.07) is 6.74. The number of likely N-dealkylation sites (N-methyl/N-ethyl adjacent to an activating group) is 1. The number of ether oxygens (including phenoxy) is 6. The maximum Gasteiger partial charge on any atom is 0.248 e. The predicted molar refractivity (Wildman–Crippen MR) is 566 cm³/mol. The first-order valence-electron chi connectivity index (χ1n) is 56.0. The highest BCUT2D eigenvalue weighted by Gasteiger charge is 2.46. The second-order valence-corrected chi connectivity index (χ2v) is 52.7. The molecular weight excluding hydrogens is 1740 g/mol. The van der Waals surface area contributed by atoms with E-state index >= 15 is 0 Å². The Morgan fingerprint density at radius 1 is 0.381 bits per heavy atom. The average Bonchev–Trinajstić information content (AvgIpc) is 1.60. The number of piperidine rings is 9. The SMILES string of the molecule is CC(C)(C)Cc1cn(C2CCNCC2)nn1.CC(C)(C)N1CCC(N2CC3CC(C2)O3)CC1.CC(C)(C)N1CCC(N2C[C@@H]3C[C@H]2CO3)CC1.CC(C)(C)N1CCC(OCC(=O)N2CCOCC2)CC1.CN1CCC(n2cc(CC(C)(C)C)nn2)CC1.CN1CCN(C2CCN(C(C)(C)C)CC2)C(=O)C1.C[C@@H]1COCCN1C1CCN(C(C)(C)C)CC1.C[C@H]1COCCN1C1CCN(C(C)(C)C)CC1. The molecule has 0 aromatic carbocycles. The van der Waals surface area contributed by atoms with E-state index in [0.717, 1.165) is 191 Å². The number of hydrogen-bond acceptors (Lipinski definition) is 25. The molecule has 29 nitrogen and oxygen atoms in total. The summed E-state index contributed by atoms with van der Waals surface area (Å²) >= 11 is 0. The molecule has 0 saturated carbocycles. The maximum absolute atomic E-state index is 12.1. The number of aromatic nitrogens is 6. The van der Waals surface area contributed by atoms with Gasteiger partial charge >= 0.3 is 0 Å². The van der Waals surface area contributed by atoms with E-state index in [-0.39, 0.29) is 40.5 Å². The van der Waals surface area contributed by atoms with Crippen molar-refractivity contribution in [3.63, 3.8) is 0 Å². The van der Waals surface area contributed by atoms with Crippen LogP contribution in [-0.2, 0) is 50.9 Å². The van der Waals surface area contributed by atoms with Gasteiger partial charge < -0.3 is 48.4 Å². The third-order valence-electron chi connectivity index (χ3n) is 32.9. The van der Waals surface area contributed by atoms with Crippen molar-refractivity contribution >= 4 is 11.8 Å². The summed E-state index contributed by atoms with van der Waals surface area (Å²) in [6.07, 6.45) is 30.5. The van der Waals surface area contributed by atoms with Crippen molar-refractivity contribution in [2.75, 3.05) is 237 Å². The maximum atomic E-state index is 12.1. The Hall–Kier alpha value is -3.54. The Balaban J connectivity index is 0.000000152. The third kappa shape index (κ3) is 37.3. The molecule has 19 rings (SSSR count). The molecular formula is C110H209N21O8. The number of carbonyl (C=O) groups excluding carboxylic acids is 2. The summed E-state index contributed by atoms with van der Waals surface area (Å²) < 4.78 is 37.7. The molecule has 2 unspecified atom stereocenters.